The van der Waals surface area contributed by atoms with E-state index in [4.69, 9.17) is 0 Å². The van der Waals surface area contributed by atoms with Gasteiger partial charge in [0.25, 0.3) is 5.91 Å². The summed E-state index contributed by atoms with van der Waals surface area (Å²) in [5.41, 5.74) is 2.65. The minimum atomic E-state index is -0.190. The molecular formula is C15H16N6OS. The lowest BCUT2D eigenvalue weighted by molar-refractivity contribution is 0.102. The van der Waals surface area contributed by atoms with Gasteiger partial charge in [-0.3, -0.25) is 4.79 Å². The molecule has 1 fully saturated rings. The Hall–Kier alpha value is -2.32. The first-order valence-electron chi connectivity index (χ1n) is 7.57. The number of benzene rings is 1. The highest BCUT2D eigenvalue weighted by Gasteiger charge is 2.20. The molecule has 0 atom stereocenters. The van der Waals surface area contributed by atoms with Gasteiger partial charge in [0.2, 0.25) is 0 Å². The maximum Gasteiger partial charge on any atom is 0.275 e. The number of rotatable bonds is 3. The first-order valence-corrected chi connectivity index (χ1v) is 8.45. The molecule has 0 radical (unpaired) electrons. The van der Waals surface area contributed by atoms with Crippen LogP contribution in [0.1, 0.15) is 34.3 Å². The Kier molecular flexibility index (Phi) is 3.76. The highest BCUT2D eigenvalue weighted by Crippen LogP contribution is 2.28. The number of nitrogens with one attached hydrogen (secondary N) is 3. The number of hydrogen-bond donors (Lipinski definition) is 3. The zero-order chi connectivity index (χ0) is 15.6. The van der Waals surface area contributed by atoms with Crippen LogP contribution in [0.15, 0.2) is 23.6 Å². The van der Waals surface area contributed by atoms with Crippen LogP contribution in [0.4, 0.5) is 5.69 Å². The third-order valence-electron chi connectivity index (χ3n) is 4.02. The van der Waals surface area contributed by atoms with Crippen molar-refractivity contribution in [2.75, 3.05) is 18.4 Å². The minimum Gasteiger partial charge on any atom is -0.321 e. The molecule has 1 aliphatic heterocycles. The molecule has 0 saturated carbocycles. The molecule has 1 aliphatic rings. The summed E-state index contributed by atoms with van der Waals surface area (Å²) >= 11 is 1.57. The van der Waals surface area contributed by atoms with Crippen molar-refractivity contribution in [2.45, 2.75) is 18.8 Å². The zero-order valence-corrected chi connectivity index (χ0v) is 13.2. The smallest absolute Gasteiger partial charge is 0.275 e. The molecule has 0 aliphatic carbocycles. The van der Waals surface area contributed by atoms with E-state index in [0.717, 1.165) is 42.0 Å². The Labute approximate surface area is 136 Å². The molecule has 1 aromatic carbocycles. The van der Waals surface area contributed by atoms with E-state index in [0.29, 0.717) is 17.3 Å². The van der Waals surface area contributed by atoms with Gasteiger partial charge >= 0.3 is 0 Å². The number of carbonyl (C=O) groups excluding carboxylic acids is 1. The van der Waals surface area contributed by atoms with Gasteiger partial charge in [0.15, 0.2) is 0 Å². The molecule has 4 rings (SSSR count). The summed E-state index contributed by atoms with van der Waals surface area (Å²) < 4.78 is 0. The summed E-state index contributed by atoms with van der Waals surface area (Å²) in [6.07, 6.45) is 2.16. The molecule has 3 N–H and O–H groups in total. The number of H-pyrrole nitrogens is 1. The second-order valence-corrected chi connectivity index (χ2v) is 6.47. The van der Waals surface area contributed by atoms with Crippen molar-refractivity contribution >= 4 is 34.0 Å². The largest absolute Gasteiger partial charge is 0.321 e. The number of aromatic nitrogens is 4. The summed E-state index contributed by atoms with van der Waals surface area (Å²) in [7, 11) is 0. The normalized spacial score (nSPS) is 15.8. The average Bonchev–Trinajstić information content (AvgIpc) is 3.24. The van der Waals surface area contributed by atoms with Crippen LogP contribution in [0, 0.1) is 0 Å². The summed E-state index contributed by atoms with van der Waals surface area (Å²) in [5.74, 6) is 0.276. The Morgan fingerprint density at radius 2 is 2.04 bits per heavy atom. The Bertz CT molecular complexity index is 835. The number of fused-ring (bicyclic) bond motifs is 1. The predicted molar refractivity (Wildman–Crippen MR) is 88.8 cm³/mol. The van der Waals surface area contributed by atoms with E-state index in [9.17, 15) is 4.79 Å². The van der Waals surface area contributed by atoms with E-state index in [1.54, 1.807) is 17.4 Å². The summed E-state index contributed by atoms with van der Waals surface area (Å²) in [4.78, 5) is 16.9. The summed E-state index contributed by atoms with van der Waals surface area (Å²) in [6, 6.07) is 5.41. The van der Waals surface area contributed by atoms with Gasteiger partial charge in [-0.25, -0.2) is 4.98 Å². The highest BCUT2D eigenvalue weighted by atomic mass is 32.1. The number of anilines is 1. The number of carbonyl (C=O) groups is 1. The molecule has 0 spiro atoms. The third-order valence-corrected chi connectivity index (χ3v) is 5.02. The van der Waals surface area contributed by atoms with Gasteiger partial charge in [-0.2, -0.15) is 15.4 Å². The van der Waals surface area contributed by atoms with Gasteiger partial charge in [-0.1, -0.05) is 0 Å². The highest BCUT2D eigenvalue weighted by molar-refractivity contribution is 7.09. The van der Waals surface area contributed by atoms with E-state index in [2.05, 4.69) is 31.0 Å². The van der Waals surface area contributed by atoms with Crippen LogP contribution in [-0.2, 0) is 0 Å². The van der Waals surface area contributed by atoms with Crippen LogP contribution in [0.25, 0.3) is 11.0 Å². The van der Waals surface area contributed by atoms with Crippen molar-refractivity contribution in [1.82, 2.24) is 25.7 Å². The lowest BCUT2D eigenvalue weighted by atomic mass is 9.99. The molecule has 8 heteroatoms. The van der Waals surface area contributed by atoms with Gasteiger partial charge in [-0.05, 0) is 44.1 Å². The second-order valence-electron chi connectivity index (χ2n) is 5.58. The number of aromatic amines is 1. The molecule has 2 aromatic heterocycles. The van der Waals surface area contributed by atoms with Crippen molar-refractivity contribution < 1.29 is 4.79 Å². The fraction of sp³-hybridized carbons (Fsp3) is 0.333. The Morgan fingerprint density at radius 3 is 2.91 bits per heavy atom. The average molecular weight is 328 g/mol. The quantitative estimate of drug-likeness (QED) is 0.684. The summed E-state index contributed by atoms with van der Waals surface area (Å²) in [5, 5.41) is 19.7. The van der Waals surface area contributed by atoms with Gasteiger partial charge in [0.05, 0.1) is 5.01 Å². The number of thiazole rings is 1. The number of hydrogen-bond acceptors (Lipinski definition) is 6. The first-order chi connectivity index (χ1) is 11.3. The predicted octanol–water partition coefficient (Wildman–Crippen LogP) is 2.13. The molecule has 7 nitrogen and oxygen atoms in total. The van der Waals surface area contributed by atoms with Crippen LogP contribution in [0.2, 0.25) is 0 Å². The van der Waals surface area contributed by atoms with E-state index in [1.165, 1.54) is 0 Å². The molecule has 0 bridgehead atoms. The monoisotopic (exact) mass is 328 g/mol. The Morgan fingerprint density at radius 1 is 1.22 bits per heavy atom. The SMILES string of the molecule is O=C(Nc1ccc2n[nH]nc2c1)c1csc(C2CCNCC2)n1. The van der Waals surface area contributed by atoms with Gasteiger partial charge in [0.1, 0.15) is 16.7 Å². The van der Waals surface area contributed by atoms with E-state index >= 15 is 0 Å². The lowest BCUT2D eigenvalue weighted by Gasteiger charge is -2.20. The number of piperidine rings is 1. The van der Waals surface area contributed by atoms with Crippen LogP contribution in [0.3, 0.4) is 0 Å². The molecule has 3 aromatic rings. The van der Waals surface area contributed by atoms with Crippen molar-refractivity contribution in [3.05, 3.63) is 34.3 Å². The van der Waals surface area contributed by atoms with Crippen LogP contribution >= 0.6 is 11.3 Å². The minimum absolute atomic E-state index is 0.190. The standard InChI is InChI=1S/C15H16N6OS/c22-14(17-10-1-2-11-12(7-10)20-21-19-11)13-8-23-15(18-13)9-3-5-16-6-4-9/h1-2,7-9,16H,3-6H2,(H,17,22)(H,19,20,21). The van der Waals surface area contributed by atoms with Crippen LogP contribution < -0.4 is 10.6 Å². The number of amides is 1. The van der Waals surface area contributed by atoms with Gasteiger partial charge < -0.3 is 10.6 Å². The third kappa shape index (κ3) is 2.95. The van der Waals surface area contributed by atoms with Gasteiger partial charge in [-0.15, -0.1) is 11.3 Å². The van der Waals surface area contributed by atoms with Crippen LogP contribution in [-0.4, -0.2) is 39.4 Å². The molecule has 1 amide bonds. The summed E-state index contributed by atoms with van der Waals surface area (Å²) in [6.45, 7) is 2.03. The molecule has 118 valence electrons. The van der Waals surface area contributed by atoms with Crippen molar-refractivity contribution in [1.29, 1.82) is 0 Å². The van der Waals surface area contributed by atoms with E-state index in [-0.39, 0.29) is 5.91 Å². The maximum absolute atomic E-state index is 12.4. The fourth-order valence-corrected chi connectivity index (χ4v) is 3.73. The number of nitrogens with zero attached hydrogens (tertiary/aromatic N) is 3. The molecular weight excluding hydrogens is 312 g/mol. The fourth-order valence-electron chi connectivity index (χ4n) is 2.76. The van der Waals surface area contributed by atoms with Crippen molar-refractivity contribution in [3.8, 4) is 0 Å². The molecule has 3 heterocycles. The zero-order valence-electron chi connectivity index (χ0n) is 12.4. The van der Waals surface area contributed by atoms with Crippen LogP contribution in [0.5, 0.6) is 0 Å². The van der Waals surface area contributed by atoms with Crippen molar-refractivity contribution in [2.24, 2.45) is 0 Å². The first kappa shape index (κ1) is 14.3. The molecule has 23 heavy (non-hydrogen) atoms. The van der Waals surface area contributed by atoms with Crippen molar-refractivity contribution in [3.63, 3.8) is 0 Å². The second kappa shape index (κ2) is 6.05. The molecule has 0 unspecified atom stereocenters. The maximum atomic E-state index is 12.4. The topological polar surface area (TPSA) is 95.6 Å². The molecule has 1 saturated heterocycles. The Balaban J connectivity index is 1.49. The van der Waals surface area contributed by atoms with Gasteiger partial charge in [0, 0.05) is 17.0 Å². The van der Waals surface area contributed by atoms with E-state index in [1.807, 2.05) is 17.5 Å². The lowest BCUT2D eigenvalue weighted by Crippen LogP contribution is -2.26. The van der Waals surface area contributed by atoms with E-state index < -0.39 is 0 Å².